The van der Waals surface area contributed by atoms with E-state index in [1.165, 1.54) is 0 Å². The van der Waals surface area contributed by atoms with Gasteiger partial charge in [-0.25, -0.2) is 0 Å². The molecule has 0 unspecified atom stereocenters. The van der Waals surface area contributed by atoms with E-state index in [-0.39, 0.29) is 5.60 Å². The smallest absolute Gasteiger partial charge is 0.158 e. The van der Waals surface area contributed by atoms with Crippen molar-refractivity contribution in [2.75, 3.05) is 7.05 Å². The van der Waals surface area contributed by atoms with E-state index in [2.05, 4.69) is 10.4 Å². The summed E-state index contributed by atoms with van der Waals surface area (Å²) in [4.78, 5) is 0. The fourth-order valence-electron chi connectivity index (χ4n) is 0.999. The molecule has 0 aliphatic heterocycles. The normalized spacial score (nSPS) is 11.7. The Hall–Kier alpha value is -1.03. The van der Waals surface area contributed by atoms with Crippen molar-refractivity contribution in [3.63, 3.8) is 0 Å². The summed E-state index contributed by atoms with van der Waals surface area (Å²) in [5.74, 6) is 0.808. The number of hydrogen-bond acceptors (Lipinski definition) is 3. The van der Waals surface area contributed by atoms with E-state index >= 15 is 0 Å². The fourth-order valence-corrected chi connectivity index (χ4v) is 0.999. The van der Waals surface area contributed by atoms with Crippen molar-refractivity contribution in [3.8, 4) is 5.75 Å². The Labute approximate surface area is 78.9 Å². The summed E-state index contributed by atoms with van der Waals surface area (Å²) >= 11 is 0. The lowest BCUT2D eigenvalue weighted by Gasteiger charge is -2.19. The van der Waals surface area contributed by atoms with Crippen LogP contribution in [0.2, 0.25) is 0 Å². The highest BCUT2D eigenvalue weighted by atomic mass is 16.5. The van der Waals surface area contributed by atoms with Crippen LogP contribution in [0.3, 0.4) is 0 Å². The molecular weight excluding hydrogens is 166 g/mol. The van der Waals surface area contributed by atoms with Gasteiger partial charge in [0.1, 0.15) is 5.60 Å². The minimum Gasteiger partial charge on any atom is -0.485 e. The molecule has 1 aromatic heterocycles. The average molecular weight is 183 g/mol. The van der Waals surface area contributed by atoms with Gasteiger partial charge in [-0.2, -0.15) is 5.10 Å². The molecule has 1 N–H and O–H groups in total. The van der Waals surface area contributed by atoms with Gasteiger partial charge < -0.3 is 10.1 Å². The molecule has 0 saturated heterocycles. The molecule has 1 aromatic rings. The van der Waals surface area contributed by atoms with Crippen molar-refractivity contribution in [1.29, 1.82) is 0 Å². The fraction of sp³-hybridized carbons (Fsp3) is 0.667. The van der Waals surface area contributed by atoms with Crippen LogP contribution in [0.15, 0.2) is 12.4 Å². The van der Waals surface area contributed by atoms with Gasteiger partial charge in [0.15, 0.2) is 5.75 Å². The van der Waals surface area contributed by atoms with Gasteiger partial charge in [0.25, 0.3) is 0 Å². The van der Waals surface area contributed by atoms with Crippen molar-refractivity contribution in [1.82, 2.24) is 15.1 Å². The Kier molecular flexibility index (Phi) is 2.93. The lowest BCUT2D eigenvalue weighted by molar-refractivity contribution is 0.130. The molecule has 1 heterocycles. The van der Waals surface area contributed by atoms with E-state index < -0.39 is 0 Å². The van der Waals surface area contributed by atoms with Crippen LogP contribution in [0, 0.1) is 0 Å². The minimum atomic E-state index is -0.159. The minimum absolute atomic E-state index is 0.159. The molecule has 0 amide bonds. The average Bonchev–Trinajstić information content (AvgIpc) is 2.33. The number of nitrogens with one attached hydrogen (secondary N) is 1. The molecule has 0 saturated carbocycles. The molecule has 0 radical (unpaired) electrons. The molecule has 4 nitrogen and oxygen atoms in total. The maximum absolute atomic E-state index is 5.62. The van der Waals surface area contributed by atoms with Gasteiger partial charge in [0.2, 0.25) is 0 Å². The van der Waals surface area contributed by atoms with Gasteiger partial charge in [-0.15, -0.1) is 0 Å². The van der Waals surface area contributed by atoms with Crippen molar-refractivity contribution < 1.29 is 4.74 Å². The highest BCUT2D eigenvalue weighted by Crippen LogP contribution is 2.16. The van der Waals surface area contributed by atoms with Gasteiger partial charge >= 0.3 is 0 Å². The number of nitrogens with zero attached hydrogens (tertiary/aromatic N) is 2. The predicted molar refractivity (Wildman–Crippen MR) is 51.7 cm³/mol. The number of rotatable bonds is 3. The molecule has 0 bridgehead atoms. The van der Waals surface area contributed by atoms with Crippen LogP contribution in [0.4, 0.5) is 0 Å². The molecule has 0 spiro atoms. The SMILES string of the molecule is CNCn1cc(OC(C)(C)C)cn1. The highest BCUT2D eigenvalue weighted by Gasteiger charge is 2.12. The standard InChI is InChI=1S/C9H17N3O/c1-9(2,3)13-8-5-11-12(6-8)7-10-4/h5-6,10H,7H2,1-4H3. The maximum Gasteiger partial charge on any atom is 0.158 e. The molecule has 4 heteroatoms. The largest absolute Gasteiger partial charge is 0.485 e. The van der Waals surface area contributed by atoms with Crippen LogP contribution in [-0.4, -0.2) is 22.4 Å². The van der Waals surface area contributed by atoms with Crippen molar-refractivity contribution in [3.05, 3.63) is 12.4 Å². The lowest BCUT2D eigenvalue weighted by atomic mass is 10.2. The van der Waals surface area contributed by atoms with Crippen molar-refractivity contribution >= 4 is 0 Å². The first-order chi connectivity index (χ1) is 6.01. The molecule has 13 heavy (non-hydrogen) atoms. The third kappa shape index (κ3) is 3.46. The quantitative estimate of drug-likeness (QED) is 0.766. The Balaban J connectivity index is 2.59. The Morgan fingerprint density at radius 2 is 2.23 bits per heavy atom. The summed E-state index contributed by atoms with van der Waals surface area (Å²) in [5.41, 5.74) is -0.159. The molecule has 0 atom stereocenters. The van der Waals surface area contributed by atoms with Crippen LogP contribution in [0.25, 0.3) is 0 Å². The second-order valence-electron chi connectivity index (χ2n) is 3.94. The third-order valence-electron chi connectivity index (χ3n) is 1.35. The highest BCUT2D eigenvalue weighted by molar-refractivity contribution is 5.12. The zero-order valence-corrected chi connectivity index (χ0v) is 8.66. The van der Waals surface area contributed by atoms with Gasteiger partial charge in [0, 0.05) is 0 Å². The van der Waals surface area contributed by atoms with Crippen LogP contribution in [0.5, 0.6) is 5.75 Å². The van der Waals surface area contributed by atoms with Crippen LogP contribution in [0.1, 0.15) is 20.8 Å². The molecular formula is C9H17N3O. The third-order valence-corrected chi connectivity index (χ3v) is 1.35. The maximum atomic E-state index is 5.62. The van der Waals surface area contributed by atoms with E-state index in [0.29, 0.717) is 6.67 Å². The molecule has 74 valence electrons. The Morgan fingerprint density at radius 1 is 1.54 bits per heavy atom. The van der Waals surface area contributed by atoms with Gasteiger partial charge in [-0.05, 0) is 27.8 Å². The summed E-state index contributed by atoms with van der Waals surface area (Å²) in [6.45, 7) is 6.75. The van der Waals surface area contributed by atoms with Crippen molar-refractivity contribution in [2.24, 2.45) is 0 Å². The van der Waals surface area contributed by atoms with E-state index in [1.807, 2.05) is 34.0 Å². The van der Waals surface area contributed by atoms with Gasteiger partial charge in [-0.1, -0.05) is 0 Å². The predicted octanol–water partition coefficient (Wildman–Crippen LogP) is 1.24. The van der Waals surface area contributed by atoms with Gasteiger partial charge in [-0.3, -0.25) is 4.68 Å². The zero-order chi connectivity index (χ0) is 9.90. The van der Waals surface area contributed by atoms with Crippen LogP contribution in [-0.2, 0) is 6.67 Å². The first kappa shape index (κ1) is 10.1. The summed E-state index contributed by atoms with van der Waals surface area (Å²) in [6.07, 6.45) is 3.60. The first-order valence-electron chi connectivity index (χ1n) is 4.37. The number of aromatic nitrogens is 2. The van der Waals surface area contributed by atoms with E-state index in [9.17, 15) is 0 Å². The monoisotopic (exact) mass is 183 g/mol. The molecule has 0 aliphatic rings. The molecule has 0 aliphatic carbocycles. The van der Waals surface area contributed by atoms with Crippen molar-refractivity contribution in [2.45, 2.75) is 33.0 Å². The molecule has 0 aromatic carbocycles. The lowest BCUT2D eigenvalue weighted by Crippen LogP contribution is -2.22. The second-order valence-corrected chi connectivity index (χ2v) is 3.94. The second kappa shape index (κ2) is 3.79. The van der Waals surface area contributed by atoms with Crippen LogP contribution >= 0.6 is 0 Å². The van der Waals surface area contributed by atoms with Gasteiger partial charge in [0.05, 0.1) is 19.1 Å². The molecule has 1 rings (SSSR count). The summed E-state index contributed by atoms with van der Waals surface area (Å²) in [5, 5.41) is 7.12. The summed E-state index contributed by atoms with van der Waals surface area (Å²) in [7, 11) is 1.88. The number of ether oxygens (including phenoxy) is 1. The Morgan fingerprint density at radius 3 is 2.77 bits per heavy atom. The first-order valence-corrected chi connectivity index (χ1v) is 4.37. The summed E-state index contributed by atoms with van der Waals surface area (Å²) < 4.78 is 7.41. The zero-order valence-electron chi connectivity index (χ0n) is 8.66. The topological polar surface area (TPSA) is 39.1 Å². The van der Waals surface area contributed by atoms with E-state index in [1.54, 1.807) is 10.9 Å². The number of hydrogen-bond donors (Lipinski definition) is 1. The van der Waals surface area contributed by atoms with E-state index in [4.69, 9.17) is 4.74 Å². The molecule has 0 fully saturated rings. The van der Waals surface area contributed by atoms with E-state index in [0.717, 1.165) is 5.75 Å². The Bertz CT molecular complexity index is 262. The summed E-state index contributed by atoms with van der Waals surface area (Å²) in [6, 6.07) is 0. The van der Waals surface area contributed by atoms with Crippen LogP contribution < -0.4 is 10.1 Å².